The highest BCUT2D eigenvalue weighted by atomic mass is 16.5. The van der Waals surface area contributed by atoms with Crippen LogP contribution in [0.2, 0.25) is 0 Å². The van der Waals surface area contributed by atoms with Crippen LogP contribution in [0, 0.1) is 13.8 Å². The van der Waals surface area contributed by atoms with E-state index < -0.39 is 0 Å². The van der Waals surface area contributed by atoms with Gasteiger partial charge < -0.3 is 19.5 Å². The van der Waals surface area contributed by atoms with E-state index in [4.69, 9.17) is 4.52 Å². The molecule has 0 radical (unpaired) electrons. The SMILES string of the molecule is Cc1noc(C)c1-c1cnc2nc(NCCO)n(Cc3ccccc3)c2c1. The maximum atomic E-state index is 9.18. The number of nitrogens with one attached hydrogen (secondary N) is 1. The van der Waals surface area contributed by atoms with Crippen LogP contribution in [-0.2, 0) is 6.54 Å². The molecule has 0 aliphatic rings. The number of fused-ring (bicyclic) bond motifs is 1. The standard InChI is InChI=1S/C20H21N5O2/c1-13-18(14(2)27-24-13)16-10-17-19(22-11-16)23-20(21-8-9-26)25(17)12-15-6-4-3-5-7-15/h3-7,10-11,26H,8-9,12H2,1-2H3,(H,21,22,23). The third-order valence-electron chi connectivity index (χ3n) is 4.51. The topological polar surface area (TPSA) is 89.0 Å². The van der Waals surface area contributed by atoms with Gasteiger partial charge in [-0.25, -0.2) is 4.98 Å². The van der Waals surface area contributed by atoms with Crippen molar-refractivity contribution in [3.63, 3.8) is 0 Å². The first kappa shape index (κ1) is 17.2. The van der Waals surface area contributed by atoms with Gasteiger partial charge in [0.2, 0.25) is 5.95 Å². The average Bonchev–Trinajstić information content (AvgIpc) is 3.20. The third-order valence-corrected chi connectivity index (χ3v) is 4.51. The number of imidazole rings is 1. The lowest BCUT2D eigenvalue weighted by Gasteiger charge is -2.10. The summed E-state index contributed by atoms with van der Waals surface area (Å²) in [5, 5.41) is 16.4. The number of pyridine rings is 1. The molecule has 27 heavy (non-hydrogen) atoms. The molecule has 0 amide bonds. The second-order valence-electron chi connectivity index (χ2n) is 6.42. The van der Waals surface area contributed by atoms with Gasteiger partial charge in [-0.05, 0) is 25.5 Å². The quantitative estimate of drug-likeness (QED) is 0.547. The Hall–Kier alpha value is -3.19. The molecule has 2 N–H and O–H groups in total. The number of aromatic nitrogens is 4. The summed E-state index contributed by atoms with van der Waals surface area (Å²) in [5.74, 6) is 1.45. The first-order chi connectivity index (χ1) is 13.2. The van der Waals surface area contributed by atoms with Crippen molar-refractivity contribution in [2.24, 2.45) is 0 Å². The van der Waals surface area contributed by atoms with E-state index >= 15 is 0 Å². The van der Waals surface area contributed by atoms with Crippen molar-refractivity contribution in [3.8, 4) is 11.1 Å². The molecule has 0 aliphatic heterocycles. The lowest BCUT2D eigenvalue weighted by Crippen LogP contribution is -2.12. The second-order valence-corrected chi connectivity index (χ2v) is 6.42. The fraction of sp³-hybridized carbons (Fsp3) is 0.250. The fourth-order valence-electron chi connectivity index (χ4n) is 3.27. The van der Waals surface area contributed by atoms with Crippen molar-refractivity contribution in [1.82, 2.24) is 19.7 Å². The van der Waals surface area contributed by atoms with E-state index in [0.717, 1.165) is 33.7 Å². The van der Waals surface area contributed by atoms with Gasteiger partial charge in [-0.3, -0.25) is 0 Å². The molecule has 0 atom stereocenters. The van der Waals surface area contributed by atoms with Crippen molar-refractivity contribution < 1.29 is 9.63 Å². The Labute approximate surface area is 156 Å². The van der Waals surface area contributed by atoms with E-state index in [-0.39, 0.29) is 6.61 Å². The van der Waals surface area contributed by atoms with Crippen LogP contribution >= 0.6 is 0 Å². The van der Waals surface area contributed by atoms with Crippen LogP contribution in [0.5, 0.6) is 0 Å². The van der Waals surface area contributed by atoms with Crippen molar-refractivity contribution in [2.75, 3.05) is 18.5 Å². The maximum Gasteiger partial charge on any atom is 0.205 e. The molecule has 1 aromatic carbocycles. The number of anilines is 1. The van der Waals surface area contributed by atoms with Crippen molar-refractivity contribution >= 4 is 17.1 Å². The first-order valence-corrected chi connectivity index (χ1v) is 8.85. The van der Waals surface area contributed by atoms with Crippen molar-refractivity contribution in [3.05, 3.63) is 59.6 Å². The number of aryl methyl sites for hydroxylation is 2. The smallest absolute Gasteiger partial charge is 0.205 e. The zero-order valence-corrected chi connectivity index (χ0v) is 15.3. The molecule has 0 unspecified atom stereocenters. The van der Waals surface area contributed by atoms with Crippen molar-refractivity contribution in [2.45, 2.75) is 20.4 Å². The lowest BCUT2D eigenvalue weighted by atomic mass is 10.1. The summed E-state index contributed by atoms with van der Waals surface area (Å²) in [6.45, 7) is 4.93. The highest BCUT2D eigenvalue weighted by molar-refractivity contribution is 5.81. The Morgan fingerprint density at radius 2 is 2.00 bits per heavy atom. The molecule has 0 spiro atoms. The maximum absolute atomic E-state index is 9.18. The van der Waals surface area contributed by atoms with Gasteiger partial charge in [0.05, 0.1) is 24.4 Å². The van der Waals surface area contributed by atoms with E-state index in [0.29, 0.717) is 24.7 Å². The predicted octanol–water partition coefficient (Wildman–Crippen LogP) is 3.16. The molecule has 7 heteroatoms. The van der Waals surface area contributed by atoms with Gasteiger partial charge in [0.15, 0.2) is 5.65 Å². The van der Waals surface area contributed by atoms with Gasteiger partial charge in [-0.15, -0.1) is 0 Å². The van der Waals surface area contributed by atoms with E-state index in [2.05, 4.69) is 43.2 Å². The van der Waals surface area contributed by atoms with Crippen molar-refractivity contribution in [1.29, 1.82) is 0 Å². The number of rotatable bonds is 6. The number of nitrogens with zero attached hydrogens (tertiary/aromatic N) is 4. The molecular formula is C20H21N5O2. The van der Waals surface area contributed by atoms with Gasteiger partial charge in [0.1, 0.15) is 5.76 Å². The van der Waals surface area contributed by atoms with Gasteiger partial charge in [0.25, 0.3) is 0 Å². The largest absolute Gasteiger partial charge is 0.395 e. The van der Waals surface area contributed by atoms with Gasteiger partial charge >= 0.3 is 0 Å². The van der Waals surface area contributed by atoms with E-state index in [1.54, 1.807) is 6.20 Å². The van der Waals surface area contributed by atoms with Crippen LogP contribution in [0.15, 0.2) is 47.1 Å². The van der Waals surface area contributed by atoms with Crippen LogP contribution < -0.4 is 5.32 Å². The molecule has 0 aliphatic carbocycles. The van der Waals surface area contributed by atoms with Gasteiger partial charge in [-0.1, -0.05) is 35.5 Å². The minimum absolute atomic E-state index is 0.0340. The minimum Gasteiger partial charge on any atom is -0.395 e. The zero-order valence-electron chi connectivity index (χ0n) is 15.3. The molecule has 0 saturated heterocycles. The molecule has 138 valence electrons. The zero-order chi connectivity index (χ0) is 18.8. The predicted molar refractivity (Wildman–Crippen MR) is 104 cm³/mol. The number of benzene rings is 1. The molecule has 0 bridgehead atoms. The molecule has 3 heterocycles. The summed E-state index contributed by atoms with van der Waals surface area (Å²) < 4.78 is 7.38. The second kappa shape index (κ2) is 7.20. The summed E-state index contributed by atoms with van der Waals surface area (Å²) in [4.78, 5) is 9.15. The Bertz CT molecular complexity index is 1050. The number of aliphatic hydroxyl groups is 1. The molecule has 0 saturated carbocycles. The van der Waals surface area contributed by atoms with Gasteiger partial charge in [-0.2, -0.15) is 4.98 Å². The normalized spacial score (nSPS) is 11.2. The lowest BCUT2D eigenvalue weighted by molar-refractivity contribution is 0.310. The number of hydrogen-bond acceptors (Lipinski definition) is 6. The summed E-state index contributed by atoms with van der Waals surface area (Å²) in [6, 6.07) is 12.2. The third kappa shape index (κ3) is 3.29. The monoisotopic (exact) mass is 363 g/mol. The Balaban J connectivity index is 1.84. The summed E-state index contributed by atoms with van der Waals surface area (Å²) >= 11 is 0. The first-order valence-electron chi connectivity index (χ1n) is 8.85. The van der Waals surface area contributed by atoms with Crippen LogP contribution in [0.1, 0.15) is 17.0 Å². The van der Waals surface area contributed by atoms with E-state index in [1.165, 1.54) is 0 Å². The summed E-state index contributed by atoms with van der Waals surface area (Å²) in [5.41, 5.74) is 5.47. The van der Waals surface area contributed by atoms with Crippen LogP contribution in [-0.4, -0.2) is 37.9 Å². The molecule has 4 rings (SSSR count). The number of hydrogen-bond donors (Lipinski definition) is 2. The van der Waals surface area contributed by atoms with Crippen LogP contribution in [0.25, 0.3) is 22.3 Å². The molecule has 4 aromatic rings. The Kier molecular flexibility index (Phi) is 4.60. The Morgan fingerprint density at radius 1 is 1.19 bits per heavy atom. The van der Waals surface area contributed by atoms with E-state index in [1.807, 2.05) is 32.0 Å². The minimum atomic E-state index is 0.0340. The number of aliphatic hydroxyl groups excluding tert-OH is 1. The molecule has 7 nitrogen and oxygen atoms in total. The highest BCUT2D eigenvalue weighted by Gasteiger charge is 2.17. The summed E-state index contributed by atoms with van der Waals surface area (Å²) in [7, 11) is 0. The van der Waals surface area contributed by atoms with Crippen LogP contribution in [0.3, 0.4) is 0 Å². The fourth-order valence-corrected chi connectivity index (χ4v) is 3.27. The highest BCUT2D eigenvalue weighted by Crippen LogP contribution is 2.30. The van der Waals surface area contributed by atoms with Crippen LogP contribution in [0.4, 0.5) is 5.95 Å². The Morgan fingerprint density at radius 3 is 2.70 bits per heavy atom. The molecule has 3 aromatic heterocycles. The molecular weight excluding hydrogens is 342 g/mol. The van der Waals surface area contributed by atoms with Gasteiger partial charge in [0, 0.05) is 23.9 Å². The summed E-state index contributed by atoms with van der Waals surface area (Å²) in [6.07, 6.45) is 1.80. The average molecular weight is 363 g/mol. The molecule has 0 fully saturated rings. The van der Waals surface area contributed by atoms with E-state index in [9.17, 15) is 5.11 Å².